The first-order valence-corrected chi connectivity index (χ1v) is 13.7. The van der Waals surface area contributed by atoms with E-state index in [1.54, 1.807) is 35.9 Å². The molecule has 0 saturated heterocycles. The summed E-state index contributed by atoms with van der Waals surface area (Å²) in [6, 6.07) is 9.22. The molecule has 0 N–H and O–H groups in total. The van der Waals surface area contributed by atoms with E-state index in [2.05, 4.69) is 31.1 Å². The molecule has 4 aromatic rings. The zero-order chi connectivity index (χ0) is 30.2. The second-order valence-corrected chi connectivity index (χ2v) is 10.7. The average Bonchev–Trinajstić information content (AvgIpc) is 3.58. The summed E-state index contributed by atoms with van der Waals surface area (Å²) in [5, 5.41) is 8.61. The van der Waals surface area contributed by atoms with Gasteiger partial charge in [-0.05, 0) is 48.7 Å². The Labute approximate surface area is 246 Å². The van der Waals surface area contributed by atoms with Crippen LogP contribution in [0.5, 0.6) is 5.75 Å². The SMILES string of the molecule is COc1cc(-c2nnc3n2CCCC3(OCc2cc(F)ccc2Br)C(=O)N(C)CC(F)(F)F)ccc1-c1cnc(C)o1. The maximum atomic E-state index is 14.0. The van der Waals surface area contributed by atoms with E-state index in [-0.39, 0.29) is 18.9 Å². The molecule has 42 heavy (non-hydrogen) atoms. The van der Waals surface area contributed by atoms with Gasteiger partial charge in [0, 0.05) is 30.6 Å². The van der Waals surface area contributed by atoms with E-state index in [0.717, 1.165) is 7.05 Å². The molecule has 2 aromatic heterocycles. The summed E-state index contributed by atoms with van der Waals surface area (Å²) >= 11 is 3.34. The number of fused-ring (bicyclic) bond motifs is 1. The minimum Gasteiger partial charge on any atom is -0.496 e. The second kappa shape index (κ2) is 11.5. The molecule has 0 radical (unpaired) electrons. The molecule has 0 spiro atoms. The van der Waals surface area contributed by atoms with Crippen LogP contribution in [-0.4, -0.2) is 57.4 Å². The molecular formula is C28H26BrF4N5O4. The lowest BCUT2D eigenvalue weighted by molar-refractivity contribution is -0.182. The highest BCUT2D eigenvalue weighted by atomic mass is 79.9. The Kier molecular flexibility index (Phi) is 8.12. The van der Waals surface area contributed by atoms with Crippen molar-refractivity contribution in [2.24, 2.45) is 0 Å². The van der Waals surface area contributed by atoms with Gasteiger partial charge in [0.25, 0.3) is 5.91 Å². The molecule has 222 valence electrons. The summed E-state index contributed by atoms with van der Waals surface area (Å²) in [5.74, 6) is 0.437. The molecule has 0 bridgehead atoms. The van der Waals surface area contributed by atoms with E-state index in [1.165, 1.54) is 25.3 Å². The van der Waals surface area contributed by atoms with E-state index >= 15 is 0 Å². The molecule has 0 aliphatic carbocycles. The van der Waals surface area contributed by atoms with Crippen LogP contribution in [0.4, 0.5) is 17.6 Å². The second-order valence-electron chi connectivity index (χ2n) is 9.89. The Morgan fingerprint density at radius 2 is 2.00 bits per heavy atom. The Hall–Kier alpha value is -3.78. The maximum Gasteiger partial charge on any atom is 0.406 e. The van der Waals surface area contributed by atoms with Gasteiger partial charge in [-0.1, -0.05) is 22.0 Å². The minimum atomic E-state index is -4.63. The van der Waals surface area contributed by atoms with Crippen LogP contribution in [0, 0.1) is 12.7 Å². The summed E-state index contributed by atoms with van der Waals surface area (Å²) in [5.41, 5.74) is -0.287. The third kappa shape index (κ3) is 5.77. The first-order chi connectivity index (χ1) is 19.9. The van der Waals surface area contributed by atoms with Gasteiger partial charge in [-0.3, -0.25) is 4.79 Å². The van der Waals surface area contributed by atoms with E-state index in [0.29, 0.717) is 62.3 Å². The van der Waals surface area contributed by atoms with E-state index in [9.17, 15) is 22.4 Å². The average molecular weight is 652 g/mol. The highest BCUT2D eigenvalue weighted by Crippen LogP contribution is 2.41. The smallest absolute Gasteiger partial charge is 0.406 e. The Balaban J connectivity index is 1.57. The number of methoxy groups -OCH3 is 1. The molecule has 1 aliphatic heterocycles. The molecule has 14 heteroatoms. The standard InChI is InChI=1S/C28H26BrF4N5O4/c1-16-34-13-23(42-16)20-7-5-17(12-22(20)40-3)24-35-36-25-27(9-4-10-38(24)25,26(39)37(2)15-28(31,32)33)41-14-18-11-19(30)6-8-21(18)29/h5-8,11-13H,4,9-10,14-15H2,1-3H3. The fourth-order valence-corrected chi connectivity index (χ4v) is 5.41. The van der Waals surface area contributed by atoms with E-state index in [1.807, 2.05) is 0 Å². The number of alkyl halides is 3. The van der Waals surface area contributed by atoms with Crippen molar-refractivity contribution in [1.29, 1.82) is 0 Å². The summed E-state index contributed by atoms with van der Waals surface area (Å²) in [6.45, 7) is 0.349. The van der Waals surface area contributed by atoms with Gasteiger partial charge in [-0.25, -0.2) is 9.37 Å². The van der Waals surface area contributed by atoms with Gasteiger partial charge < -0.3 is 23.4 Å². The number of hydrogen-bond donors (Lipinski definition) is 0. The number of aryl methyl sites for hydroxylation is 1. The van der Waals surface area contributed by atoms with Crippen molar-refractivity contribution in [1.82, 2.24) is 24.6 Å². The predicted molar refractivity (Wildman–Crippen MR) is 146 cm³/mol. The molecule has 1 amide bonds. The number of rotatable bonds is 8. The number of amides is 1. The van der Waals surface area contributed by atoms with Crippen LogP contribution in [0.15, 0.2) is 51.5 Å². The summed E-state index contributed by atoms with van der Waals surface area (Å²) in [7, 11) is 2.56. The van der Waals surface area contributed by atoms with Crippen molar-refractivity contribution in [3.63, 3.8) is 0 Å². The Morgan fingerprint density at radius 1 is 1.21 bits per heavy atom. The lowest BCUT2D eigenvalue weighted by Gasteiger charge is -2.38. The van der Waals surface area contributed by atoms with Crippen molar-refractivity contribution in [2.75, 3.05) is 20.7 Å². The maximum absolute atomic E-state index is 14.0. The summed E-state index contributed by atoms with van der Waals surface area (Å²) < 4.78 is 73.5. The van der Waals surface area contributed by atoms with E-state index in [4.69, 9.17) is 13.9 Å². The summed E-state index contributed by atoms with van der Waals surface area (Å²) in [6.07, 6.45) is -2.63. The molecule has 0 saturated carbocycles. The lowest BCUT2D eigenvalue weighted by atomic mass is 9.90. The minimum absolute atomic E-state index is 0.0478. The van der Waals surface area contributed by atoms with Gasteiger partial charge in [-0.15, -0.1) is 10.2 Å². The molecule has 0 fully saturated rings. The molecule has 1 atom stereocenters. The van der Waals surface area contributed by atoms with Crippen molar-refractivity contribution in [2.45, 2.75) is 44.7 Å². The monoisotopic (exact) mass is 651 g/mol. The molecule has 5 rings (SSSR count). The van der Waals surface area contributed by atoms with Crippen LogP contribution in [0.2, 0.25) is 0 Å². The van der Waals surface area contributed by atoms with Crippen LogP contribution in [0.25, 0.3) is 22.7 Å². The fraction of sp³-hybridized carbons (Fsp3) is 0.357. The van der Waals surface area contributed by atoms with Crippen molar-refractivity contribution >= 4 is 21.8 Å². The normalized spacial score (nSPS) is 16.8. The number of carbonyl (C=O) groups is 1. The zero-order valence-corrected chi connectivity index (χ0v) is 24.4. The third-order valence-corrected chi connectivity index (χ3v) is 7.73. The first kappa shape index (κ1) is 29.7. The number of nitrogens with zero attached hydrogens (tertiary/aromatic N) is 5. The number of halogens is 5. The molecule has 2 aromatic carbocycles. The van der Waals surface area contributed by atoms with Gasteiger partial charge in [-0.2, -0.15) is 13.2 Å². The number of carbonyl (C=O) groups excluding carboxylic acids is 1. The van der Waals surface area contributed by atoms with Crippen molar-refractivity contribution in [3.05, 3.63) is 70.2 Å². The molecule has 3 heterocycles. The highest BCUT2D eigenvalue weighted by Gasteiger charge is 2.51. The molecular weight excluding hydrogens is 626 g/mol. The van der Waals surface area contributed by atoms with Crippen LogP contribution < -0.4 is 4.74 Å². The molecule has 9 nitrogen and oxygen atoms in total. The van der Waals surface area contributed by atoms with Gasteiger partial charge in [0.1, 0.15) is 18.1 Å². The number of aromatic nitrogens is 4. The Bertz CT molecular complexity index is 1620. The largest absolute Gasteiger partial charge is 0.496 e. The molecule has 1 unspecified atom stereocenters. The van der Waals surface area contributed by atoms with Crippen LogP contribution in [0.3, 0.4) is 0 Å². The van der Waals surface area contributed by atoms with Gasteiger partial charge >= 0.3 is 6.18 Å². The zero-order valence-electron chi connectivity index (χ0n) is 22.8. The lowest BCUT2D eigenvalue weighted by Crippen LogP contribution is -2.52. The number of hydrogen-bond acceptors (Lipinski definition) is 7. The number of ether oxygens (including phenoxy) is 2. The topological polar surface area (TPSA) is 95.5 Å². The fourth-order valence-electron chi connectivity index (χ4n) is 5.05. The highest BCUT2D eigenvalue weighted by molar-refractivity contribution is 9.10. The number of oxazole rings is 1. The third-order valence-electron chi connectivity index (χ3n) is 6.96. The quantitative estimate of drug-likeness (QED) is 0.214. The van der Waals surface area contributed by atoms with Crippen molar-refractivity contribution < 1.29 is 36.2 Å². The van der Waals surface area contributed by atoms with E-state index < -0.39 is 30.0 Å². The number of benzene rings is 2. The summed E-state index contributed by atoms with van der Waals surface area (Å²) in [4.78, 5) is 18.5. The van der Waals surface area contributed by atoms with Gasteiger partial charge in [0.15, 0.2) is 23.3 Å². The predicted octanol–water partition coefficient (Wildman–Crippen LogP) is 6.05. The Morgan fingerprint density at radius 3 is 2.69 bits per heavy atom. The van der Waals surface area contributed by atoms with Gasteiger partial charge in [0.05, 0.1) is 25.5 Å². The number of likely N-dealkylation sites (N-methyl/N-ethyl adjacent to an activating group) is 1. The van der Waals surface area contributed by atoms with Crippen LogP contribution >= 0.6 is 15.9 Å². The van der Waals surface area contributed by atoms with Gasteiger partial charge in [0.2, 0.25) is 5.60 Å². The molecule has 1 aliphatic rings. The first-order valence-electron chi connectivity index (χ1n) is 12.9. The van der Waals surface area contributed by atoms with Crippen LogP contribution in [0.1, 0.15) is 30.1 Å². The van der Waals surface area contributed by atoms with Crippen LogP contribution in [-0.2, 0) is 28.3 Å². The van der Waals surface area contributed by atoms with Crippen molar-refractivity contribution in [3.8, 4) is 28.5 Å².